The summed E-state index contributed by atoms with van der Waals surface area (Å²) < 4.78 is 25.3. The number of phenolic OH excluding ortho intramolecular Hbond substituents is 1. The molecule has 1 unspecified atom stereocenters. The molecule has 1 atom stereocenters. The SMILES string of the molecule is N#CCS(=O)(=O)NC(=O)C(Cc1ccc(O)cc1)NC(=O)c1cccc(CCl)c1. The van der Waals surface area contributed by atoms with Gasteiger partial charge in [0.2, 0.25) is 10.0 Å². The number of benzene rings is 2. The molecule has 8 nitrogen and oxygen atoms in total. The molecular formula is C19H18ClN3O5S. The van der Waals surface area contributed by atoms with Crippen LogP contribution in [0.15, 0.2) is 48.5 Å². The summed E-state index contributed by atoms with van der Waals surface area (Å²) in [5.41, 5.74) is 1.54. The van der Waals surface area contributed by atoms with Crippen molar-refractivity contribution >= 4 is 33.4 Å². The van der Waals surface area contributed by atoms with Crippen molar-refractivity contribution in [3.05, 3.63) is 65.2 Å². The highest BCUT2D eigenvalue weighted by Crippen LogP contribution is 2.13. The Hall–Kier alpha value is -3.09. The highest BCUT2D eigenvalue weighted by atomic mass is 35.5. The topological polar surface area (TPSA) is 136 Å². The maximum absolute atomic E-state index is 12.6. The van der Waals surface area contributed by atoms with E-state index in [0.717, 1.165) is 0 Å². The smallest absolute Gasteiger partial charge is 0.256 e. The third kappa shape index (κ3) is 6.78. The summed E-state index contributed by atoms with van der Waals surface area (Å²) in [7, 11) is -4.16. The van der Waals surface area contributed by atoms with Crippen LogP contribution in [0.3, 0.4) is 0 Å². The van der Waals surface area contributed by atoms with Crippen LogP contribution in [0.4, 0.5) is 0 Å². The summed E-state index contributed by atoms with van der Waals surface area (Å²) in [5, 5.41) is 20.5. The first-order valence-electron chi connectivity index (χ1n) is 8.39. The maximum Gasteiger partial charge on any atom is 0.256 e. The van der Waals surface area contributed by atoms with Crippen LogP contribution >= 0.6 is 11.6 Å². The minimum Gasteiger partial charge on any atom is -0.508 e. The Bertz CT molecular complexity index is 1030. The van der Waals surface area contributed by atoms with Crippen molar-refractivity contribution in [1.29, 1.82) is 5.26 Å². The molecule has 152 valence electrons. The molecule has 0 heterocycles. The first-order chi connectivity index (χ1) is 13.7. The lowest BCUT2D eigenvalue weighted by molar-refractivity contribution is -0.121. The lowest BCUT2D eigenvalue weighted by Crippen LogP contribution is -2.49. The van der Waals surface area contributed by atoms with Crippen molar-refractivity contribution in [2.45, 2.75) is 18.3 Å². The van der Waals surface area contributed by atoms with Crippen LogP contribution < -0.4 is 10.0 Å². The van der Waals surface area contributed by atoms with Gasteiger partial charge in [0.25, 0.3) is 11.8 Å². The molecular weight excluding hydrogens is 418 g/mol. The summed E-state index contributed by atoms with van der Waals surface area (Å²) in [5.74, 6) is -2.24. The second kappa shape index (κ2) is 9.91. The minimum absolute atomic E-state index is 0.0216. The zero-order valence-electron chi connectivity index (χ0n) is 15.1. The van der Waals surface area contributed by atoms with Crippen LogP contribution in [-0.4, -0.2) is 37.1 Å². The van der Waals surface area contributed by atoms with E-state index in [-0.39, 0.29) is 23.6 Å². The van der Waals surface area contributed by atoms with E-state index in [1.165, 1.54) is 24.3 Å². The van der Waals surface area contributed by atoms with Gasteiger partial charge in [0.1, 0.15) is 11.8 Å². The Labute approximate surface area is 173 Å². The van der Waals surface area contributed by atoms with Gasteiger partial charge in [-0.1, -0.05) is 24.3 Å². The van der Waals surface area contributed by atoms with E-state index in [9.17, 15) is 23.1 Å². The number of hydrogen-bond donors (Lipinski definition) is 3. The third-order valence-corrected chi connectivity index (χ3v) is 5.18. The predicted molar refractivity (Wildman–Crippen MR) is 107 cm³/mol. The number of alkyl halides is 1. The fraction of sp³-hybridized carbons (Fsp3) is 0.211. The first-order valence-corrected chi connectivity index (χ1v) is 10.6. The summed E-state index contributed by atoms with van der Waals surface area (Å²) in [6.07, 6.45) is -0.0326. The van der Waals surface area contributed by atoms with Crippen molar-refractivity contribution < 1.29 is 23.1 Å². The Kier molecular flexibility index (Phi) is 7.59. The average Bonchev–Trinajstić information content (AvgIpc) is 2.68. The standard InChI is InChI=1S/C19H18ClN3O5S/c20-12-14-2-1-3-15(10-14)18(25)22-17(11-13-4-6-16(24)7-5-13)19(26)23-29(27,28)9-8-21/h1-7,10,17,24H,9,11-12H2,(H,22,25)(H,23,26). The van der Waals surface area contributed by atoms with E-state index in [4.69, 9.17) is 16.9 Å². The number of nitriles is 1. The van der Waals surface area contributed by atoms with Crippen LogP contribution in [-0.2, 0) is 27.1 Å². The zero-order chi connectivity index (χ0) is 21.4. The number of rotatable bonds is 8. The van der Waals surface area contributed by atoms with E-state index in [0.29, 0.717) is 11.1 Å². The molecule has 0 aliphatic rings. The monoisotopic (exact) mass is 435 g/mol. The Morgan fingerprint density at radius 1 is 1.14 bits per heavy atom. The Morgan fingerprint density at radius 2 is 1.83 bits per heavy atom. The minimum atomic E-state index is -4.16. The molecule has 0 saturated heterocycles. The number of phenols is 1. The molecule has 2 aromatic rings. The molecule has 0 aliphatic carbocycles. The van der Waals surface area contributed by atoms with E-state index in [2.05, 4.69) is 5.32 Å². The number of carbonyl (C=O) groups is 2. The van der Waals surface area contributed by atoms with E-state index < -0.39 is 33.6 Å². The van der Waals surface area contributed by atoms with Gasteiger partial charge in [0.15, 0.2) is 5.75 Å². The van der Waals surface area contributed by atoms with Gasteiger partial charge in [-0.3, -0.25) is 14.3 Å². The lowest BCUT2D eigenvalue weighted by atomic mass is 10.0. The molecule has 0 bridgehead atoms. The summed E-state index contributed by atoms with van der Waals surface area (Å²) in [6, 6.07) is 12.6. The molecule has 10 heteroatoms. The second-order valence-electron chi connectivity index (χ2n) is 6.11. The van der Waals surface area contributed by atoms with E-state index in [1.807, 2.05) is 0 Å². The number of halogens is 1. The van der Waals surface area contributed by atoms with Crippen LogP contribution in [0.2, 0.25) is 0 Å². The van der Waals surface area contributed by atoms with Crippen molar-refractivity contribution in [3.63, 3.8) is 0 Å². The van der Waals surface area contributed by atoms with Crippen LogP contribution in [0.5, 0.6) is 5.75 Å². The molecule has 2 rings (SSSR count). The Morgan fingerprint density at radius 3 is 2.45 bits per heavy atom. The fourth-order valence-electron chi connectivity index (χ4n) is 2.46. The average molecular weight is 436 g/mol. The van der Waals surface area contributed by atoms with Crippen molar-refractivity contribution in [3.8, 4) is 11.8 Å². The van der Waals surface area contributed by atoms with Gasteiger partial charge >= 0.3 is 0 Å². The molecule has 0 radical (unpaired) electrons. The molecule has 2 aromatic carbocycles. The number of amides is 2. The highest BCUT2D eigenvalue weighted by Gasteiger charge is 2.26. The van der Waals surface area contributed by atoms with Crippen molar-refractivity contribution in [1.82, 2.24) is 10.0 Å². The van der Waals surface area contributed by atoms with Gasteiger partial charge in [0.05, 0.1) is 6.07 Å². The number of nitrogens with one attached hydrogen (secondary N) is 2. The number of carbonyl (C=O) groups excluding carboxylic acids is 2. The second-order valence-corrected chi connectivity index (χ2v) is 8.10. The Balaban J connectivity index is 2.25. The lowest BCUT2D eigenvalue weighted by Gasteiger charge is -2.18. The maximum atomic E-state index is 12.6. The normalized spacial score (nSPS) is 11.9. The zero-order valence-corrected chi connectivity index (χ0v) is 16.7. The summed E-state index contributed by atoms with van der Waals surface area (Å²) in [4.78, 5) is 25.1. The van der Waals surface area contributed by atoms with Crippen LogP contribution in [0.25, 0.3) is 0 Å². The molecule has 2 amide bonds. The van der Waals surface area contributed by atoms with Crippen molar-refractivity contribution in [2.75, 3.05) is 5.75 Å². The quantitative estimate of drug-likeness (QED) is 0.536. The van der Waals surface area contributed by atoms with Crippen LogP contribution in [0.1, 0.15) is 21.5 Å². The summed E-state index contributed by atoms with van der Waals surface area (Å²) >= 11 is 5.77. The van der Waals surface area contributed by atoms with Crippen LogP contribution in [0, 0.1) is 11.3 Å². The van der Waals surface area contributed by atoms with Gasteiger partial charge in [-0.25, -0.2) is 8.42 Å². The molecule has 0 aliphatic heterocycles. The van der Waals surface area contributed by atoms with E-state index in [1.54, 1.807) is 35.1 Å². The number of hydrogen-bond acceptors (Lipinski definition) is 6. The number of sulfonamides is 1. The molecule has 0 saturated carbocycles. The predicted octanol–water partition coefficient (Wildman–Crippen LogP) is 1.44. The molecule has 0 spiro atoms. The fourth-order valence-corrected chi connectivity index (χ4v) is 3.32. The van der Waals surface area contributed by atoms with Gasteiger partial charge in [-0.2, -0.15) is 5.26 Å². The first kappa shape index (κ1) is 22.2. The summed E-state index contributed by atoms with van der Waals surface area (Å²) in [6.45, 7) is 0. The van der Waals surface area contributed by atoms with Gasteiger partial charge in [-0.15, -0.1) is 11.6 Å². The van der Waals surface area contributed by atoms with Gasteiger partial charge in [-0.05, 0) is 35.4 Å². The van der Waals surface area contributed by atoms with Crippen molar-refractivity contribution in [2.24, 2.45) is 0 Å². The largest absolute Gasteiger partial charge is 0.508 e. The highest BCUT2D eigenvalue weighted by molar-refractivity contribution is 7.90. The molecule has 3 N–H and O–H groups in total. The van der Waals surface area contributed by atoms with Gasteiger partial charge < -0.3 is 10.4 Å². The third-order valence-electron chi connectivity index (χ3n) is 3.85. The number of aromatic hydroxyl groups is 1. The molecule has 0 aromatic heterocycles. The van der Waals surface area contributed by atoms with Gasteiger partial charge in [0, 0.05) is 17.9 Å². The van der Waals surface area contributed by atoms with E-state index >= 15 is 0 Å². The molecule has 29 heavy (non-hydrogen) atoms. The molecule has 0 fully saturated rings. The number of nitrogens with zero attached hydrogens (tertiary/aromatic N) is 1.